The van der Waals surface area contributed by atoms with Crippen LogP contribution >= 0.6 is 0 Å². The summed E-state index contributed by atoms with van der Waals surface area (Å²) in [5, 5.41) is 1.01. The molecule has 2 aromatic heterocycles. The Hall–Kier alpha value is -1.75. The predicted molar refractivity (Wildman–Crippen MR) is 44.0 cm³/mol. The van der Waals surface area contributed by atoms with Gasteiger partial charge in [0.15, 0.2) is 0 Å². The highest BCUT2D eigenvalue weighted by atomic mass is 14.8. The summed E-state index contributed by atoms with van der Waals surface area (Å²) in [6.45, 7) is 0. The summed E-state index contributed by atoms with van der Waals surface area (Å²) in [5.41, 5.74) is 1.72. The number of pyridine rings is 1. The quantitative estimate of drug-likeness (QED) is 0.555. The van der Waals surface area contributed by atoms with Crippen LogP contribution in [-0.4, -0.2) is 9.97 Å². The Morgan fingerprint density at radius 1 is 1.55 bits per heavy atom. The lowest BCUT2D eigenvalue weighted by Crippen LogP contribution is -1.72. The number of H-pyrrole nitrogens is 1. The summed E-state index contributed by atoms with van der Waals surface area (Å²) >= 11 is 0. The Labute approximate surface area is 64.3 Å². The van der Waals surface area contributed by atoms with Gasteiger partial charge in [-0.1, -0.05) is 5.92 Å². The van der Waals surface area contributed by atoms with Gasteiger partial charge in [0, 0.05) is 17.8 Å². The highest BCUT2D eigenvalue weighted by Crippen LogP contribution is 2.13. The fraction of sp³-hybridized carbons (Fsp3) is 0. The average molecular weight is 142 g/mol. The van der Waals surface area contributed by atoms with Crippen LogP contribution in [0.1, 0.15) is 5.56 Å². The molecule has 2 heterocycles. The van der Waals surface area contributed by atoms with Gasteiger partial charge in [0.25, 0.3) is 0 Å². The minimum atomic E-state index is 0.848. The second-order valence-corrected chi connectivity index (χ2v) is 2.25. The summed E-state index contributed by atoms with van der Waals surface area (Å²) in [6.07, 6.45) is 8.79. The van der Waals surface area contributed by atoms with E-state index in [9.17, 15) is 0 Å². The number of terminal acetylenes is 1. The molecule has 0 radical (unpaired) electrons. The van der Waals surface area contributed by atoms with Crippen LogP contribution in [0.3, 0.4) is 0 Å². The van der Waals surface area contributed by atoms with Crippen molar-refractivity contribution in [1.29, 1.82) is 0 Å². The second kappa shape index (κ2) is 2.14. The predicted octanol–water partition coefficient (Wildman–Crippen LogP) is 1.54. The molecule has 0 aliphatic rings. The maximum absolute atomic E-state index is 5.26. The number of aromatic amines is 1. The molecule has 0 unspecified atom stereocenters. The zero-order valence-electron chi connectivity index (χ0n) is 5.83. The molecule has 0 aliphatic heterocycles. The molecule has 2 heteroatoms. The first-order valence-corrected chi connectivity index (χ1v) is 3.30. The lowest BCUT2D eigenvalue weighted by molar-refractivity contribution is 1.33. The lowest BCUT2D eigenvalue weighted by Gasteiger charge is -1.85. The van der Waals surface area contributed by atoms with E-state index in [-0.39, 0.29) is 0 Å². The zero-order chi connectivity index (χ0) is 7.68. The molecule has 52 valence electrons. The van der Waals surface area contributed by atoms with E-state index in [0.29, 0.717) is 0 Å². The molecule has 0 fully saturated rings. The normalized spacial score (nSPS) is 9.73. The van der Waals surface area contributed by atoms with E-state index in [0.717, 1.165) is 16.6 Å². The van der Waals surface area contributed by atoms with E-state index in [2.05, 4.69) is 15.9 Å². The topological polar surface area (TPSA) is 28.7 Å². The van der Waals surface area contributed by atoms with Crippen molar-refractivity contribution in [2.75, 3.05) is 0 Å². The first-order chi connectivity index (χ1) is 5.42. The SMILES string of the molecule is C#Cc1c[nH]c2ncccc12. The van der Waals surface area contributed by atoms with Crippen molar-refractivity contribution >= 4 is 11.0 Å². The number of aromatic nitrogens is 2. The van der Waals surface area contributed by atoms with Crippen LogP contribution in [0.5, 0.6) is 0 Å². The largest absolute Gasteiger partial charge is 0.345 e. The molecular formula is C9H6N2. The van der Waals surface area contributed by atoms with E-state index < -0.39 is 0 Å². The van der Waals surface area contributed by atoms with E-state index in [4.69, 9.17) is 6.42 Å². The van der Waals surface area contributed by atoms with Crippen molar-refractivity contribution < 1.29 is 0 Å². The number of fused-ring (bicyclic) bond motifs is 1. The van der Waals surface area contributed by atoms with Crippen molar-refractivity contribution in [3.05, 3.63) is 30.1 Å². The molecule has 0 spiro atoms. The van der Waals surface area contributed by atoms with Gasteiger partial charge < -0.3 is 4.98 Å². The van der Waals surface area contributed by atoms with Gasteiger partial charge in [-0.25, -0.2) is 4.98 Å². The second-order valence-electron chi connectivity index (χ2n) is 2.25. The van der Waals surface area contributed by atoms with Crippen molar-refractivity contribution in [3.63, 3.8) is 0 Å². The summed E-state index contributed by atoms with van der Waals surface area (Å²) in [6, 6.07) is 3.82. The fourth-order valence-corrected chi connectivity index (χ4v) is 1.08. The third kappa shape index (κ3) is 0.786. The van der Waals surface area contributed by atoms with E-state index in [1.807, 2.05) is 12.1 Å². The van der Waals surface area contributed by atoms with Gasteiger partial charge >= 0.3 is 0 Å². The standard InChI is InChI=1S/C9H6N2/c1-2-7-6-11-9-8(7)4-3-5-10-9/h1,3-6H,(H,10,11). The molecule has 0 saturated heterocycles. The van der Waals surface area contributed by atoms with Crippen LogP contribution in [0.2, 0.25) is 0 Å². The Morgan fingerprint density at radius 2 is 2.45 bits per heavy atom. The molecule has 2 nitrogen and oxygen atoms in total. The van der Waals surface area contributed by atoms with Crippen molar-refractivity contribution in [2.45, 2.75) is 0 Å². The molecule has 0 aliphatic carbocycles. The van der Waals surface area contributed by atoms with E-state index in [1.165, 1.54) is 0 Å². The molecule has 0 aromatic carbocycles. The van der Waals surface area contributed by atoms with Gasteiger partial charge in [-0.05, 0) is 12.1 Å². The smallest absolute Gasteiger partial charge is 0.138 e. The maximum atomic E-state index is 5.26. The van der Waals surface area contributed by atoms with Gasteiger partial charge in [0.2, 0.25) is 0 Å². The molecule has 2 rings (SSSR count). The van der Waals surface area contributed by atoms with E-state index in [1.54, 1.807) is 12.4 Å². The Morgan fingerprint density at radius 3 is 3.27 bits per heavy atom. The van der Waals surface area contributed by atoms with Crippen LogP contribution < -0.4 is 0 Å². The molecule has 0 bridgehead atoms. The fourth-order valence-electron chi connectivity index (χ4n) is 1.08. The first kappa shape index (κ1) is 5.99. The molecular weight excluding hydrogens is 136 g/mol. The third-order valence-electron chi connectivity index (χ3n) is 1.61. The molecule has 2 aromatic rings. The lowest BCUT2D eigenvalue weighted by atomic mass is 10.2. The average Bonchev–Trinajstić information content (AvgIpc) is 2.47. The molecule has 1 N–H and O–H groups in total. The van der Waals surface area contributed by atoms with Crippen LogP contribution in [0.15, 0.2) is 24.5 Å². The number of rotatable bonds is 0. The van der Waals surface area contributed by atoms with Crippen molar-refractivity contribution in [1.82, 2.24) is 9.97 Å². The highest BCUT2D eigenvalue weighted by molar-refractivity contribution is 5.82. The number of nitrogens with one attached hydrogen (secondary N) is 1. The van der Waals surface area contributed by atoms with Gasteiger partial charge in [-0.2, -0.15) is 0 Å². The monoisotopic (exact) mass is 142 g/mol. The van der Waals surface area contributed by atoms with E-state index >= 15 is 0 Å². The summed E-state index contributed by atoms with van der Waals surface area (Å²) < 4.78 is 0. The summed E-state index contributed by atoms with van der Waals surface area (Å²) in [5.74, 6) is 2.58. The highest BCUT2D eigenvalue weighted by Gasteiger charge is 1.98. The van der Waals surface area contributed by atoms with Crippen molar-refractivity contribution in [2.24, 2.45) is 0 Å². The third-order valence-corrected chi connectivity index (χ3v) is 1.61. The maximum Gasteiger partial charge on any atom is 0.138 e. The molecule has 0 amide bonds. The number of hydrogen-bond donors (Lipinski definition) is 1. The first-order valence-electron chi connectivity index (χ1n) is 3.30. The van der Waals surface area contributed by atoms with Gasteiger partial charge in [0.1, 0.15) is 5.65 Å². The molecule has 0 atom stereocenters. The minimum Gasteiger partial charge on any atom is -0.345 e. The molecule has 0 saturated carbocycles. The Balaban J connectivity index is 2.89. The van der Waals surface area contributed by atoms with Crippen LogP contribution in [0.25, 0.3) is 11.0 Å². The van der Waals surface area contributed by atoms with Gasteiger partial charge in [-0.15, -0.1) is 6.42 Å². The number of hydrogen-bond acceptors (Lipinski definition) is 1. The zero-order valence-corrected chi connectivity index (χ0v) is 5.83. The van der Waals surface area contributed by atoms with Gasteiger partial charge in [0.05, 0.1) is 5.56 Å². The summed E-state index contributed by atoms with van der Waals surface area (Å²) in [7, 11) is 0. The van der Waals surface area contributed by atoms with Crippen molar-refractivity contribution in [3.8, 4) is 12.3 Å². The Kier molecular flexibility index (Phi) is 1.16. The summed E-state index contributed by atoms with van der Waals surface area (Å²) in [4.78, 5) is 7.08. The molecule has 11 heavy (non-hydrogen) atoms. The van der Waals surface area contributed by atoms with Crippen LogP contribution in [0, 0.1) is 12.3 Å². The minimum absolute atomic E-state index is 0.848. The van der Waals surface area contributed by atoms with Crippen LogP contribution in [0.4, 0.5) is 0 Å². The van der Waals surface area contributed by atoms with Gasteiger partial charge in [-0.3, -0.25) is 0 Å². The van der Waals surface area contributed by atoms with Crippen LogP contribution in [-0.2, 0) is 0 Å². The Bertz CT molecular complexity index is 420. The number of nitrogens with zero attached hydrogens (tertiary/aromatic N) is 1.